The van der Waals surface area contributed by atoms with Gasteiger partial charge in [0.05, 0.1) is 5.69 Å². The number of hydrogen-bond donors (Lipinski definition) is 3. The summed E-state index contributed by atoms with van der Waals surface area (Å²) in [5.41, 5.74) is 11.3. The number of carbonyl (C=O) groups is 1. The van der Waals surface area contributed by atoms with Gasteiger partial charge in [-0.2, -0.15) is 5.26 Å². The van der Waals surface area contributed by atoms with Crippen LogP contribution in [-0.4, -0.2) is 11.9 Å². The van der Waals surface area contributed by atoms with Gasteiger partial charge in [0.15, 0.2) is 0 Å². The maximum Gasteiger partial charge on any atom is 0.261 e. The molecule has 0 saturated heterocycles. The Balaban J connectivity index is 3.15. The summed E-state index contributed by atoms with van der Waals surface area (Å²) >= 11 is 1.13. The van der Waals surface area contributed by atoms with Crippen LogP contribution in [0.25, 0.3) is 0 Å². The van der Waals surface area contributed by atoms with Crippen molar-refractivity contribution in [3.63, 3.8) is 0 Å². The van der Waals surface area contributed by atoms with Gasteiger partial charge in [-0.15, -0.1) is 11.3 Å². The van der Waals surface area contributed by atoms with Gasteiger partial charge in [-0.25, -0.2) is 0 Å². The smallest absolute Gasteiger partial charge is 0.261 e. The molecule has 1 heterocycles. The highest BCUT2D eigenvalue weighted by atomic mass is 32.1. The van der Waals surface area contributed by atoms with Gasteiger partial charge in [0, 0.05) is 6.04 Å². The lowest BCUT2D eigenvalue weighted by Crippen LogP contribution is -2.13. The Bertz CT molecular complexity index is 446. The molecule has 0 spiro atoms. The molecule has 5 N–H and O–H groups in total. The van der Waals surface area contributed by atoms with Crippen molar-refractivity contribution >= 4 is 27.9 Å². The zero-order chi connectivity index (χ0) is 12.3. The van der Waals surface area contributed by atoms with Crippen LogP contribution >= 0.6 is 11.3 Å². The molecule has 1 unspecified atom stereocenters. The van der Waals surface area contributed by atoms with Crippen LogP contribution in [0.4, 0.5) is 10.7 Å². The molecule has 1 rings (SSSR count). The van der Waals surface area contributed by atoms with Crippen LogP contribution in [0.15, 0.2) is 0 Å². The van der Waals surface area contributed by atoms with E-state index >= 15 is 0 Å². The van der Waals surface area contributed by atoms with Crippen molar-refractivity contribution in [2.75, 3.05) is 11.1 Å². The number of anilines is 2. The molecule has 0 radical (unpaired) electrons. The zero-order valence-electron chi connectivity index (χ0n) is 9.20. The SMILES string of the molecule is CCC(C)Nc1sc(C(N)=O)c(N)c1C#N. The van der Waals surface area contributed by atoms with Crippen molar-refractivity contribution in [2.45, 2.75) is 26.3 Å². The molecular formula is C10H14N4OS. The number of nitrogens with zero attached hydrogens (tertiary/aromatic N) is 1. The first-order valence-corrected chi connectivity index (χ1v) is 5.71. The number of thiophene rings is 1. The third kappa shape index (κ3) is 2.25. The number of hydrogen-bond acceptors (Lipinski definition) is 5. The van der Waals surface area contributed by atoms with E-state index in [4.69, 9.17) is 16.7 Å². The number of rotatable bonds is 4. The first-order chi connectivity index (χ1) is 7.51. The quantitative estimate of drug-likeness (QED) is 0.739. The molecule has 1 amide bonds. The molecule has 0 aliphatic carbocycles. The van der Waals surface area contributed by atoms with Gasteiger partial charge in [-0.3, -0.25) is 4.79 Å². The van der Waals surface area contributed by atoms with Crippen LogP contribution < -0.4 is 16.8 Å². The van der Waals surface area contributed by atoms with E-state index in [0.29, 0.717) is 10.6 Å². The molecule has 1 aromatic rings. The predicted molar refractivity (Wildman–Crippen MR) is 65.3 cm³/mol. The molecular weight excluding hydrogens is 224 g/mol. The number of nitriles is 1. The number of carbonyl (C=O) groups excluding carboxylic acids is 1. The molecule has 5 nitrogen and oxygen atoms in total. The minimum atomic E-state index is -0.601. The third-order valence-electron chi connectivity index (χ3n) is 2.27. The third-order valence-corrected chi connectivity index (χ3v) is 3.42. The zero-order valence-corrected chi connectivity index (χ0v) is 10.0. The second-order valence-electron chi connectivity index (χ2n) is 3.48. The van der Waals surface area contributed by atoms with Crippen molar-refractivity contribution in [1.82, 2.24) is 0 Å². The molecule has 86 valence electrons. The largest absolute Gasteiger partial charge is 0.396 e. The standard InChI is InChI=1S/C10H14N4OS/c1-3-5(2)14-10-6(4-11)7(12)8(16-10)9(13)15/h5,14H,3,12H2,1-2H3,(H2,13,15). The lowest BCUT2D eigenvalue weighted by atomic mass is 10.2. The maximum absolute atomic E-state index is 11.1. The summed E-state index contributed by atoms with van der Waals surface area (Å²) in [5.74, 6) is -0.601. The second-order valence-corrected chi connectivity index (χ2v) is 4.50. The van der Waals surface area contributed by atoms with E-state index in [2.05, 4.69) is 5.32 Å². The summed E-state index contributed by atoms with van der Waals surface area (Å²) in [5, 5.41) is 12.7. The fourth-order valence-corrected chi connectivity index (χ4v) is 2.20. The van der Waals surface area contributed by atoms with E-state index in [0.717, 1.165) is 17.8 Å². The fraction of sp³-hybridized carbons (Fsp3) is 0.400. The Labute approximate surface area is 98.0 Å². The number of nitrogens with two attached hydrogens (primary N) is 2. The predicted octanol–water partition coefficient (Wildman–Crippen LogP) is 1.51. The van der Waals surface area contributed by atoms with E-state index < -0.39 is 5.91 Å². The molecule has 0 saturated carbocycles. The van der Waals surface area contributed by atoms with Crippen molar-refractivity contribution in [1.29, 1.82) is 5.26 Å². The number of amides is 1. The van der Waals surface area contributed by atoms with Crippen LogP contribution in [0.3, 0.4) is 0 Å². The number of primary amides is 1. The lowest BCUT2D eigenvalue weighted by Gasteiger charge is -2.10. The van der Waals surface area contributed by atoms with E-state index in [1.807, 2.05) is 19.9 Å². The second kappa shape index (κ2) is 4.86. The van der Waals surface area contributed by atoms with Crippen LogP contribution in [0.5, 0.6) is 0 Å². The molecule has 0 bridgehead atoms. The van der Waals surface area contributed by atoms with E-state index in [1.165, 1.54) is 0 Å². The molecule has 16 heavy (non-hydrogen) atoms. The van der Waals surface area contributed by atoms with Crippen molar-refractivity contribution in [3.05, 3.63) is 10.4 Å². The Kier molecular flexibility index (Phi) is 3.74. The van der Waals surface area contributed by atoms with Crippen LogP contribution in [0, 0.1) is 11.3 Å². The first-order valence-electron chi connectivity index (χ1n) is 4.89. The summed E-state index contributed by atoms with van der Waals surface area (Å²) in [6.45, 7) is 4.01. The normalized spacial score (nSPS) is 11.8. The fourth-order valence-electron chi connectivity index (χ4n) is 1.17. The summed E-state index contributed by atoms with van der Waals surface area (Å²) in [4.78, 5) is 11.3. The van der Waals surface area contributed by atoms with Crippen molar-refractivity contribution in [2.24, 2.45) is 5.73 Å². The first kappa shape index (κ1) is 12.3. The van der Waals surface area contributed by atoms with Crippen LogP contribution in [0.2, 0.25) is 0 Å². The van der Waals surface area contributed by atoms with Crippen molar-refractivity contribution < 1.29 is 4.79 Å². The summed E-state index contributed by atoms with van der Waals surface area (Å²) in [7, 11) is 0. The minimum Gasteiger partial charge on any atom is -0.396 e. The molecule has 6 heteroatoms. The highest BCUT2D eigenvalue weighted by molar-refractivity contribution is 7.18. The molecule has 1 atom stereocenters. The topological polar surface area (TPSA) is 105 Å². The highest BCUT2D eigenvalue weighted by Gasteiger charge is 2.19. The average molecular weight is 238 g/mol. The molecule has 0 aromatic carbocycles. The van der Waals surface area contributed by atoms with Gasteiger partial charge in [-0.05, 0) is 13.3 Å². The Morgan fingerprint density at radius 1 is 1.69 bits per heavy atom. The van der Waals surface area contributed by atoms with Crippen LogP contribution in [-0.2, 0) is 0 Å². The molecule has 0 aliphatic rings. The summed E-state index contributed by atoms with van der Waals surface area (Å²) < 4.78 is 0. The van der Waals surface area contributed by atoms with Gasteiger partial charge in [-0.1, -0.05) is 6.92 Å². The molecule has 1 aromatic heterocycles. The van der Waals surface area contributed by atoms with E-state index in [-0.39, 0.29) is 16.6 Å². The molecule has 0 aliphatic heterocycles. The van der Waals surface area contributed by atoms with E-state index in [1.54, 1.807) is 0 Å². The summed E-state index contributed by atoms with van der Waals surface area (Å²) in [6.07, 6.45) is 0.911. The van der Waals surface area contributed by atoms with Crippen LogP contribution in [0.1, 0.15) is 35.5 Å². The summed E-state index contributed by atoms with van der Waals surface area (Å²) in [6, 6.07) is 2.20. The van der Waals surface area contributed by atoms with Gasteiger partial charge in [0.25, 0.3) is 5.91 Å². The van der Waals surface area contributed by atoms with Gasteiger partial charge >= 0.3 is 0 Å². The Morgan fingerprint density at radius 2 is 2.31 bits per heavy atom. The number of nitrogens with one attached hydrogen (secondary N) is 1. The van der Waals surface area contributed by atoms with Gasteiger partial charge in [0.1, 0.15) is 21.5 Å². The maximum atomic E-state index is 11.1. The Hall–Kier alpha value is -1.74. The lowest BCUT2D eigenvalue weighted by molar-refractivity contribution is 0.100. The monoisotopic (exact) mass is 238 g/mol. The van der Waals surface area contributed by atoms with Gasteiger partial charge in [0.2, 0.25) is 0 Å². The average Bonchev–Trinajstić information content (AvgIpc) is 2.55. The Morgan fingerprint density at radius 3 is 2.75 bits per heavy atom. The molecule has 0 fully saturated rings. The van der Waals surface area contributed by atoms with E-state index in [9.17, 15) is 4.79 Å². The number of nitrogen functional groups attached to an aromatic ring is 1. The van der Waals surface area contributed by atoms with Gasteiger partial charge < -0.3 is 16.8 Å². The van der Waals surface area contributed by atoms with Crippen molar-refractivity contribution in [3.8, 4) is 6.07 Å². The highest BCUT2D eigenvalue weighted by Crippen LogP contribution is 2.35. The minimum absolute atomic E-state index is 0.172.